The van der Waals surface area contributed by atoms with Gasteiger partial charge in [-0.3, -0.25) is 0 Å². The maximum absolute atomic E-state index is 12.8. The van der Waals surface area contributed by atoms with Gasteiger partial charge in [0.1, 0.15) is 9.77 Å². The molecule has 0 spiro atoms. The lowest BCUT2D eigenvalue weighted by Gasteiger charge is -2.35. The number of methoxy groups -OCH3 is 1. The zero-order valence-corrected chi connectivity index (χ0v) is 16.9. The van der Waals surface area contributed by atoms with E-state index in [1.54, 1.807) is 23.6 Å². The van der Waals surface area contributed by atoms with E-state index in [9.17, 15) is 13.2 Å². The van der Waals surface area contributed by atoms with E-state index >= 15 is 0 Å². The van der Waals surface area contributed by atoms with Gasteiger partial charge in [-0.25, -0.2) is 13.2 Å². The quantitative estimate of drug-likeness (QED) is 0.563. The van der Waals surface area contributed by atoms with Crippen LogP contribution in [0, 0.1) is 0 Å². The summed E-state index contributed by atoms with van der Waals surface area (Å²) in [5, 5.41) is 6.05. The highest BCUT2D eigenvalue weighted by molar-refractivity contribution is 7.89. The Morgan fingerprint density at radius 3 is 2.86 bits per heavy atom. The molecule has 1 saturated heterocycles. The number of rotatable bonds is 5. The van der Waals surface area contributed by atoms with E-state index in [4.69, 9.17) is 16.1 Å². The molecular formula is C17H14ClN3O5S2. The number of nitrogens with zero attached hydrogens (tertiary/aromatic N) is 3. The Balaban J connectivity index is 1.49. The van der Waals surface area contributed by atoms with Crippen molar-refractivity contribution in [2.75, 3.05) is 20.2 Å². The standard InChI is InChI=1S/C17H14ClN3O5S2/c1-25-17(22)14-13(5-6-27-14)28(23,24)21-8-11(9-21)16-19-15(20-26-16)10-3-2-4-12(18)7-10/h2-7,11H,8-9H2,1H3. The first-order valence-corrected chi connectivity index (χ1v) is 10.9. The summed E-state index contributed by atoms with van der Waals surface area (Å²) in [6.07, 6.45) is 0. The van der Waals surface area contributed by atoms with Crippen molar-refractivity contribution in [2.24, 2.45) is 0 Å². The Morgan fingerprint density at radius 1 is 1.36 bits per heavy atom. The summed E-state index contributed by atoms with van der Waals surface area (Å²) in [5.74, 6) is -0.131. The van der Waals surface area contributed by atoms with Gasteiger partial charge in [-0.05, 0) is 23.6 Å². The van der Waals surface area contributed by atoms with Crippen molar-refractivity contribution < 1.29 is 22.5 Å². The van der Waals surface area contributed by atoms with Gasteiger partial charge in [0.05, 0.1) is 13.0 Å². The van der Waals surface area contributed by atoms with E-state index in [2.05, 4.69) is 14.9 Å². The zero-order chi connectivity index (χ0) is 19.9. The first kappa shape index (κ1) is 19.1. The van der Waals surface area contributed by atoms with E-state index in [0.717, 1.165) is 11.3 Å². The minimum absolute atomic E-state index is 0.0482. The third kappa shape index (κ3) is 3.32. The predicted octanol–water partition coefficient (Wildman–Crippen LogP) is 3.03. The molecule has 28 heavy (non-hydrogen) atoms. The number of esters is 1. The maximum Gasteiger partial charge on any atom is 0.349 e. The van der Waals surface area contributed by atoms with Gasteiger partial charge in [-0.15, -0.1) is 11.3 Å². The lowest BCUT2D eigenvalue weighted by molar-refractivity contribution is 0.0602. The molecule has 1 fully saturated rings. The minimum Gasteiger partial charge on any atom is -0.465 e. The van der Waals surface area contributed by atoms with Crippen molar-refractivity contribution in [3.05, 3.63) is 51.5 Å². The van der Waals surface area contributed by atoms with Gasteiger partial charge in [0.2, 0.25) is 21.7 Å². The average Bonchev–Trinajstić information content (AvgIpc) is 3.29. The Morgan fingerprint density at radius 2 is 2.14 bits per heavy atom. The number of carbonyl (C=O) groups is 1. The lowest BCUT2D eigenvalue weighted by Crippen LogP contribution is -2.48. The van der Waals surface area contributed by atoms with Gasteiger partial charge < -0.3 is 9.26 Å². The highest BCUT2D eigenvalue weighted by Gasteiger charge is 2.42. The summed E-state index contributed by atoms with van der Waals surface area (Å²) < 4.78 is 36.8. The molecule has 0 N–H and O–H groups in total. The number of hydrogen-bond donors (Lipinski definition) is 0. The number of halogens is 1. The summed E-state index contributed by atoms with van der Waals surface area (Å²) in [4.78, 5) is 16.1. The largest absolute Gasteiger partial charge is 0.465 e. The molecule has 3 aromatic rings. The van der Waals surface area contributed by atoms with Gasteiger partial charge in [0.25, 0.3) is 0 Å². The highest BCUT2D eigenvalue weighted by atomic mass is 35.5. The summed E-state index contributed by atoms with van der Waals surface area (Å²) in [5.41, 5.74) is 0.715. The van der Waals surface area contributed by atoms with Crippen molar-refractivity contribution in [2.45, 2.75) is 10.8 Å². The van der Waals surface area contributed by atoms with E-state index < -0.39 is 16.0 Å². The summed E-state index contributed by atoms with van der Waals surface area (Å²) in [6.45, 7) is 0.381. The molecule has 4 rings (SSSR count). The van der Waals surface area contributed by atoms with Gasteiger partial charge in [-0.2, -0.15) is 9.29 Å². The van der Waals surface area contributed by atoms with Crippen LogP contribution in [0.5, 0.6) is 0 Å². The van der Waals surface area contributed by atoms with Crippen LogP contribution in [0.2, 0.25) is 5.02 Å². The number of ether oxygens (including phenoxy) is 1. The second-order valence-corrected chi connectivity index (χ2v) is 9.35. The van der Waals surface area contributed by atoms with Crippen LogP contribution in [0.1, 0.15) is 21.5 Å². The normalized spacial score (nSPS) is 15.4. The van der Waals surface area contributed by atoms with Gasteiger partial charge in [0.15, 0.2) is 0 Å². The smallest absolute Gasteiger partial charge is 0.349 e. The first-order chi connectivity index (χ1) is 13.4. The second kappa shape index (κ2) is 7.28. The molecule has 1 aliphatic rings. The number of benzene rings is 1. The van der Waals surface area contributed by atoms with E-state index in [-0.39, 0.29) is 28.8 Å². The first-order valence-electron chi connectivity index (χ1n) is 8.15. The summed E-state index contributed by atoms with van der Waals surface area (Å²) >= 11 is 7.00. The van der Waals surface area contributed by atoms with Crippen LogP contribution in [0.15, 0.2) is 45.1 Å². The minimum atomic E-state index is -3.80. The van der Waals surface area contributed by atoms with Crippen LogP contribution < -0.4 is 0 Å². The Bertz CT molecular complexity index is 1140. The number of sulfonamides is 1. The van der Waals surface area contributed by atoms with Gasteiger partial charge in [-0.1, -0.05) is 28.9 Å². The third-order valence-electron chi connectivity index (χ3n) is 4.34. The summed E-state index contributed by atoms with van der Waals surface area (Å²) in [6, 6.07) is 8.46. The Kier molecular flexibility index (Phi) is 4.96. The van der Waals surface area contributed by atoms with Crippen LogP contribution >= 0.6 is 22.9 Å². The van der Waals surface area contributed by atoms with Crippen LogP contribution in [-0.4, -0.2) is 49.0 Å². The van der Waals surface area contributed by atoms with Crippen molar-refractivity contribution in [3.63, 3.8) is 0 Å². The molecule has 0 saturated carbocycles. The molecule has 1 aromatic carbocycles. The highest BCUT2D eigenvalue weighted by Crippen LogP contribution is 2.34. The van der Waals surface area contributed by atoms with Gasteiger partial charge >= 0.3 is 5.97 Å². The fraction of sp³-hybridized carbons (Fsp3) is 0.235. The van der Waals surface area contributed by atoms with Crippen LogP contribution in [0.4, 0.5) is 0 Å². The van der Waals surface area contributed by atoms with Crippen LogP contribution in [-0.2, 0) is 14.8 Å². The number of aromatic nitrogens is 2. The maximum atomic E-state index is 12.8. The lowest BCUT2D eigenvalue weighted by atomic mass is 10.0. The fourth-order valence-electron chi connectivity index (χ4n) is 2.82. The molecule has 0 bridgehead atoms. The molecule has 0 aliphatic carbocycles. The van der Waals surface area contributed by atoms with Crippen LogP contribution in [0.25, 0.3) is 11.4 Å². The van der Waals surface area contributed by atoms with E-state index in [0.29, 0.717) is 22.3 Å². The molecule has 2 aromatic heterocycles. The van der Waals surface area contributed by atoms with E-state index in [1.165, 1.54) is 17.5 Å². The number of thiophene rings is 1. The predicted molar refractivity (Wildman–Crippen MR) is 102 cm³/mol. The summed E-state index contributed by atoms with van der Waals surface area (Å²) in [7, 11) is -2.59. The molecule has 1 aliphatic heterocycles. The molecule has 8 nitrogen and oxygen atoms in total. The van der Waals surface area contributed by atoms with Crippen molar-refractivity contribution in [1.82, 2.24) is 14.4 Å². The zero-order valence-electron chi connectivity index (χ0n) is 14.5. The third-order valence-corrected chi connectivity index (χ3v) is 7.47. The number of hydrogen-bond acceptors (Lipinski definition) is 8. The molecule has 0 radical (unpaired) electrons. The van der Waals surface area contributed by atoms with Crippen molar-refractivity contribution in [3.8, 4) is 11.4 Å². The molecule has 11 heteroatoms. The molecule has 3 heterocycles. The molecular weight excluding hydrogens is 426 g/mol. The molecule has 146 valence electrons. The monoisotopic (exact) mass is 439 g/mol. The number of carbonyl (C=O) groups excluding carboxylic acids is 1. The molecule has 0 unspecified atom stereocenters. The Hall–Kier alpha value is -2.27. The van der Waals surface area contributed by atoms with Crippen LogP contribution in [0.3, 0.4) is 0 Å². The Labute approximate surface area is 169 Å². The molecule has 0 atom stereocenters. The average molecular weight is 440 g/mol. The topological polar surface area (TPSA) is 103 Å². The second-order valence-electron chi connectivity index (χ2n) is 6.09. The van der Waals surface area contributed by atoms with Crippen molar-refractivity contribution >= 4 is 38.9 Å². The fourth-order valence-corrected chi connectivity index (χ4v) is 5.85. The molecule has 0 amide bonds. The van der Waals surface area contributed by atoms with E-state index in [1.807, 2.05) is 6.07 Å². The van der Waals surface area contributed by atoms with Gasteiger partial charge in [0, 0.05) is 23.7 Å². The van der Waals surface area contributed by atoms with Crippen molar-refractivity contribution in [1.29, 1.82) is 0 Å². The SMILES string of the molecule is COC(=O)c1sccc1S(=O)(=O)N1CC(c2nc(-c3cccc(Cl)c3)no2)C1.